The number of fused-ring (bicyclic) bond motifs is 1. The maximum atomic E-state index is 12.8. The summed E-state index contributed by atoms with van der Waals surface area (Å²) in [6.45, 7) is 2.61. The van der Waals surface area contributed by atoms with Crippen molar-refractivity contribution in [3.63, 3.8) is 0 Å². The van der Waals surface area contributed by atoms with Crippen LogP contribution < -0.4 is 19.7 Å². The van der Waals surface area contributed by atoms with E-state index in [-0.39, 0.29) is 17.7 Å². The number of rotatable bonds is 4. The Morgan fingerprint density at radius 2 is 1.80 bits per heavy atom. The third-order valence-electron chi connectivity index (χ3n) is 5.00. The lowest BCUT2D eigenvalue weighted by atomic mass is 10.2. The molecule has 9 heteroatoms. The van der Waals surface area contributed by atoms with E-state index in [2.05, 4.69) is 20.2 Å². The molecule has 8 nitrogen and oxygen atoms in total. The SMILES string of the molecule is COc1cccc(N2CCN(C(=O)Nc3nc4ccc(Cl)cc4nc3OC)CC2)c1. The molecule has 0 spiro atoms. The number of urea groups is 1. The van der Waals surface area contributed by atoms with Crippen LogP contribution in [-0.2, 0) is 0 Å². The molecule has 1 aliphatic rings. The van der Waals surface area contributed by atoms with E-state index in [4.69, 9.17) is 21.1 Å². The Kier molecular flexibility index (Phi) is 5.76. The summed E-state index contributed by atoms with van der Waals surface area (Å²) in [4.78, 5) is 25.7. The number of hydrogen-bond acceptors (Lipinski definition) is 6. The second-order valence-electron chi connectivity index (χ2n) is 6.82. The summed E-state index contributed by atoms with van der Waals surface area (Å²) in [6, 6.07) is 12.9. The van der Waals surface area contributed by atoms with Gasteiger partial charge in [-0.25, -0.2) is 14.8 Å². The van der Waals surface area contributed by atoms with E-state index >= 15 is 0 Å². The number of benzene rings is 2. The zero-order chi connectivity index (χ0) is 21.1. The highest BCUT2D eigenvalue weighted by atomic mass is 35.5. The predicted molar refractivity (Wildman–Crippen MR) is 117 cm³/mol. The Hall–Kier alpha value is -3.26. The van der Waals surface area contributed by atoms with Crippen LogP contribution in [0.25, 0.3) is 11.0 Å². The van der Waals surface area contributed by atoms with Gasteiger partial charge in [0.1, 0.15) is 5.75 Å². The van der Waals surface area contributed by atoms with E-state index < -0.39 is 0 Å². The van der Waals surface area contributed by atoms with Gasteiger partial charge in [-0.15, -0.1) is 0 Å². The second kappa shape index (κ2) is 8.62. The lowest BCUT2D eigenvalue weighted by Crippen LogP contribution is -2.50. The maximum absolute atomic E-state index is 12.8. The maximum Gasteiger partial charge on any atom is 0.323 e. The van der Waals surface area contributed by atoms with Crippen molar-refractivity contribution in [2.24, 2.45) is 0 Å². The molecule has 0 radical (unpaired) electrons. The largest absolute Gasteiger partial charge is 0.497 e. The smallest absolute Gasteiger partial charge is 0.323 e. The number of carbonyl (C=O) groups excluding carboxylic acids is 1. The Morgan fingerprint density at radius 1 is 1.00 bits per heavy atom. The number of halogens is 1. The van der Waals surface area contributed by atoms with Gasteiger partial charge in [-0.1, -0.05) is 17.7 Å². The predicted octanol–water partition coefficient (Wildman–Crippen LogP) is 3.65. The quantitative estimate of drug-likeness (QED) is 0.684. The molecule has 1 N–H and O–H groups in total. The van der Waals surface area contributed by atoms with E-state index in [0.29, 0.717) is 29.1 Å². The number of methoxy groups -OCH3 is 2. The summed E-state index contributed by atoms with van der Waals surface area (Å²) < 4.78 is 10.6. The van der Waals surface area contributed by atoms with Crippen LogP contribution in [0.15, 0.2) is 42.5 Å². The lowest BCUT2D eigenvalue weighted by molar-refractivity contribution is 0.208. The van der Waals surface area contributed by atoms with Gasteiger partial charge in [0, 0.05) is 43.0 Å². The highest BCUT2D eigenvalue weighted by Crippen LogP contribution is 2.26. The van der Waals surface area contributed by atoms with E-state index in [1.54, 1.807) is 30.2 Å². The summed E-state index contributed by atoms with van der Waals surface area (Å²) in [5, 5.41) is 3.39. The Morgan fingerprint density at radius 3 is 2.53 bits per heavy atom. The highest BCUT2D eigenvalue weighted by Gasteiger charge is 2.23. The molecule has 0 atom stereocenters. The summed E-state index contributed by atoms with van der Waals surface area (Å²) in [7, 11) is 3.14. The fourth-order valence-electron chi connectivity index (χ4n) is 3.39. The molecule has 0 saturated carbocycles. The zero-order valence-corrected chi connectivity index (χ0v) is 17.5. The normalized spacial score (nSPS) is 14.0. The molecule has 1 fully saturated rings. The molecule has 30 heavy (non-hydrogen) atoms. The van der Waals surface area contributed by atoms with Crippen LogP contribution in [0, 0.1) is 0 Å². The number of anilines is 2. The van der Waals surface area contributed by atoms with Crippen LogP contribution in [0.1, 0.15) is 0 Å². The average molecular weight is 428 g/mol. The van der Waals surface area contributed by atoms with Gasteiger partial charge in [0.2, 0.25) is 0 Å². The number of piperazine rings is 1. The van der Waals surface area contributed by atoms with Crippen molar-refractivity contribution in [3.8, 4) is 11.6 Å². The van der Waals surface area contributed by atoms with Crippen molar-refractivity contribution >= 4 is 40.2 Å². The van der Waals surface area contributed by atoms with E-state index in [9.17, 15) is 4.79 Å². The van der Waals surface area contributed by atoms with Crippen LogP contribution in [-0.4, -0.2) is 61.3 Å². The first-order valence-corrected chi connectivity index (χ1v) is 9.91. The van der Waals surface area contributed by atoms with Gasteiger partial charge in [-0.3, -0.25) is 5.32 Å². The summed E-state index contributed by atoms with van der Waals surface area (Å²) in [5.74, 6) is 1.34. The number of nitrogens with one attached hydrogen (secondary N) is 1. The minimum Gasteiger partial charge on any atom is -0.497 e. The standard InChI is InChI=1S/C21H22ClN5O3/c1-29-16-5-3-4-15(13-16)26-8-10-27(11-9-26)21(28)25-19-20(30-2)24-18-12-14(22)6-7-17(18)23-19/h3-7,12-13H,8-11H2,1-2H3,(H,23,25,28). The van der Waals surface area contributed by atoms with Gasteiger partial charge < -0.3 is 19.3 Å². The van der Waals surface area contributed by atoms with Crippen LogP contribution >= 0.6 is 11.6 Å². The molecular weight excluding hydrogens is 406 g/mol. The fourth-order valence-corrected chi connectivity index (χ4v) is 3.56. The van der Waals surface area contributed by atoms with Crippen molar-refractivity contribution in [2.45, 2.75) is 0 Å². The Bertz CT molecular complexity index is 1070. The molecule has 0 unspecified atom stereocenters. The van der Waals surface area contributed by atoms with Gasteiger partial charge in [0.25, 0.3) is 5.88 Å². The average Bonchev–Trinajstić information content (AvgIpc) is 2.78. The van der Waals surface area contributed by atoms with Crippen molar-refractivity contribution in [2.75, 3.05) is 50.6 Å². The van der Waals surface area contributed by atoms with Crippen molar-refractivity contribution in [1.29, 1.82) is 0 Å². The molecule has 2 heterocycles. The summed E-state index contributed by atoms with van der Waals surface area (Å²) in [5.41, 5.74) is 2.30. The summed E-state index contributed by atoms with van der Waals surface area (Å²) in [6.07, 6.45) is 0. The third-order valence-corrected chi connectivity index (χ3v) is 5.23. The first-order chi connectivity index (χ1) is 14.6. The minimum absolute atomic E-state index is 0.235. The van der Waals surface area contributed by atoms with E-state index in [1.807, 2.05) is 24.3 Å². The first-order valence-electron chi connectivity index (χ1n) is 9.53. The van der Waals surface area contributed by atoms with Crippen LogP contribution in [0.4, 0.5) is 16.3 Å². The number of hydrogen-bond donors (Lipinski definition) is 1. The molecule has 0 bridgehead atoms. The van der Waals surface area contributed by atoms with E-state index in [1.165, 1.54) is 7.11 Å². The molecule has 4 rings (SSSR count). The molecule has 2 amide bonds. The minimum atomic E-state index is -0.235. The second-order valence-corrected chi connectivity index (χ2v) is 7.26. The molecule has 1 aromatic heterocycles. The van der Waals surface area contributed by atoms with Crippen LogP contribution in [0.2, 0.25) is 5.02 Å². The number of ether oxygens (including phenoxy) is 2. The van der Waals surface area contributed by atoms with Crippen LogP contribution in [0.5, 0.6) is 11.6 Å². The molecule has 1 saturated heterocycles. The Balaban J connectivity index is 1.44. The molecule has 1 aliphatic heterocycles. The van der Waals surface area contributed by atoms with Crippen molar-refractivity contribution < 1.29 is 14.3 Å². The van der Waals surface area contributed by atoms with Gasteiger partial charge >= 0.3 is 6.03 Å². The molecule has 3 aromatic rings. The van der Waals surface area contributed by atoms with E-state index in [0.717, 1.165) is 24.5 Å². The summed E-state index contributed by atoms with van der Waals surface area (Å²) >= 11 is 6.02. The van der Waals surface area contributed by atoms with Crippen molar-refractivity contribution in [3.05, 3.63) is 47.5 Å². The zero-order valence-electron chi connectivity index (χ0n) is 16.8. The molecule has 0 aliphatic carbocycles. The van der Waals surface area contributed by atoms with Gasteiger partial charge in [0.15, 0.2) is 5.82 Å². The highest BCUT2D eigenvalue weighted by molar-refractivity contribution is 6.31. The number of aromatic nitrogens is 2. The van der Waals surface area contributed by atoms with Gasteiger partial charge in [0.05, 0.1) is 25.3 Å². The number of nitrogens with zero attached hydrogens (tertiary/aromatic N) is 4. The first kappa shape index (κ1) is 20.0. The number of carbonyl (C=O) groups is 1. The fraction of sp³-hybridized carbons (Fsp3) is 0.286. The Labute approximate surface area is 179 Å². The molecule has 2 aromatic carbocycles. The number of amides is 2. The lowest BCUT2D eigenvalue weighted by Gasteiger charge is -2.36. The molecule has 156 valence electrons. The van der Waals surface area contributed by atoms with Crippen LogP contribution in [0.3, 0.4) is 0 Å². The van der Waals surface area contributed by atoms with Crippen molar-refractivity contribution in [1.82, 2.24) is 14.9 Å². The third kappa shape index (κ3) is 4.18. The molecular formula is C21H22ClN5O3. The topological polar surface area (TPSA) is 79.8 Å². The van der Waals surface area contributed by atoms with Gasteiger partial charge in [-0.05, 0) is 30.3 Å². The van der Waals surface area contributed by atoms with Gasteiger partial charge in [-0.2, -0.15) is 0 Å². The monoisotopic (exact) mass is 427 g/mol.